The van der Waals surface area contributed by atoms with Gasteiger partial charge in [0.15, 0.2) is 0 Å². The summed E-state index contributed by atoms with van der Waals surface area (Å²) in [4.78, 5) is 15.9. The van der Waals surface area contributed by atoms with Crippen molar-refractivity contribution in [2.45, 2.75) is 69.6 Å². The van der Waals surface area contributed by atoms with Crippen LogP contribution in [0.3, 0.4) is 0 Å². The maximum Gasteiger partial charge on any atom is 0.207 e. The van der Waals surface area contributed by atoms with Gasteiger partial charge in [-0.3, -0.25) is 5.32 Å². The predicted molar refractivity (Wildman–Crippen MR) is 104 cm³/mol. The molecule has 3 unspecified atom stereocenters. The fourth-order valence-corrected chi connectivity index (χ4v) is 4.62. The van der Waals surface area contributed by atoms with Crippen LogP contribution in [-0.4, -0.2) is 47.6 Å². The van der Waals surface area contributed by atoms with E-state index in [4.69, 9.17) is 4.99 Å². The number of rotatable bonds is 2. The molecule has 1 saturated heterocycles. The molecule has 2 fully saturated rings. The minimum Gasteiger partial charge on any atom is -0.356 e. The van der Waals surface area contributed by atoms with E-state index < -0.39 is 0 Å². The first kappa shape index (κ1) is 17.4. The monoisotopic (exact) mass is 351 g/mol. The van der Waals surface area contributed by atoms with Gasteiger partial charge in [-0.25, -0.2) is 9.98 Å². The summed E-state index contributed by atoms with van der Waals surface area (Å²) in [6.45, 7) is 0.965. The second-order valence-electron chi connectivity index (χ2n) is 7.55. The SMILES string of the molecule is N#CN=C1C(C2N=C3N=CC=CC3N2)[CH]CCN1C1CCCCCCC1. The summed E-state index contributed by atoms with van der Waals surface area (Å²) in [5, 5.41) is 12.9. The van der Waals surface area contributed by atoms with Crippen LogP contribution in [0.15, 0.2) is 27.1 Å². The lowest BCUT2D eigenvalue weighted by Crippen LogP contribution is -2.53. The number of hydrogen-bond acceptors (Lipinski definition) is 5. The summed E-state index contributed by atoms with van der Waals surface area (Å²) < 4.78 is 0. The van der Waals surface area contributed by atoms with Crippen LogP contribution in [0.5, 0.6) is 0 Å². The number of amidine groups is 2. The van der Waals surface area contributed by atoms with Crippen LogP contribution in [0.25, 0.3) is 0 Å². The molecule has 26 heavy (non-hydrogen) atoms. The van der Waals surface area contributed by atoms with Crippen molar-refractivity contribution in [3.05, 3.63) is 18.6 Å². The summed E-state index contributed by atoms with van der Waals surface area (Å²) in [5.74, 6) is 1.78. The molecular formula is C20H27N6. The molecule has 1 aliphatic carbocycles. The summed E-state index contributed by atoms with van der Waals surface area (Å²) in [6.07, 6.45) is 20.1. The number of likely N-dealkylation sites (tertiary alicyclic amines) is 1. The van der Waals surface area contributed by atoms with Gasteiger partial charge in [0.25, 0.3) is 0 Å². The number of piperidine rings is 1. The Bertz CT molecular complexity index is 662. The highest BCUT2D eigenvalue weighted by molar-refractivity contribution is 6.01. The Hall–Kier alpha value is -2.00. The Balaban J connectivity index is 1.54. The van der Waals surface area contributed by atoms with Crippen LogP contribution < -0.4 is 5.32 Å². The number of nitrogens with zero attached hydrogens (tertiary/aromatic N) is 5. The molecule has 1 saturated carbocycles. The van der Waals surface area contributed by atoms with Crippen LogP contribution in [-0.2, 0) is 0 Å². The largest absolute Gasteiger partial charge is 0.356 e. The van der Waals surface area contributed by atoms with E-state index in [2.05, 4.69) is 38.9 Å². The Kier molecular flexibility index (Phi) is 5.45. The van der Waals surface area contributed by atoms with Crippen molar-refractivity contribution in [2.75, 3.05) is 6.54 Å². The van der Waals surface area contributed by atoms with E-state index in [1.54, 1.807) is 6.21 Å². The average Bonchev–Trinajstić information content (AvgIpc) is 3.06. The number of nitrogens with one attached hydrogen (secondary N) is 1. The summed E-state index contributed by atoms with van der Waals surface area (Å²) in [7, 11) is 0. The van der Waals surface area contributed by atoms with Gasteiger partial charge in [-0.15, -0.1) is 0 Å². The van der Waals surface area contributed by atoms with Crippen molar-refractivity contribution in [3.8, 4) is 6.19 Å². The normalized spacial score (nSPS) is 34.1. The van der Waals surface area contributed by atoms with Crippen molar-refractivity contribution in [1.82, 2.24) is 10.2 Å². The molecule has 1 radical (unpaired) electrons. The van der Waals surface area contributed by atoms with E-state index in [9.17, 15) is 5.26 Å². The van der Waals surface area contributed by atoms with Gasteiger partial charge in [0, 0.05) is 18.8 Å². The zero-order chi connectivity index (χ0) is 17.8. The fraction of sp³-hybridized carbons (Fsp3) is 0.650. The minimum atomic E-state index is -0.0849. The third-order valence-electron chi connectivity index (χ3n) is 5.90. The Labute approximate surface area is 155 Å². The Morgan fingerprint density at radius 2 is 2.00 bits per heavy atom. The Morgan fingerprint density at radius 1 is 1.19 bits per heavy atom. The summed E-state index contributed by atoms with van der Waals surface area (Å²) in [5.41, 5.74) is 0. The fourth-order valence-electron chi connectivity index (χ4n) is 4.62. The van der Waals surface area contributed by atoms with Crippen LogP contribution in [0, 0.1) is 23.8 Å². The number of allylic oxidation sites excluding steroid dienone is 1. The van der Waals surface area contributed by atoms with E-state index in [0.29, 0.717) is 6.04 Å². The summed E-state index contributed by atoms with van der Waals surface area (Å²) in [6, 6.07) is 0.589. The first-order valence-corrected chi connectivity index (χ1v) is 9.98. The topological polar surface area (TPSA) is 76.1 Å². The van der Waals surface area contributed by atoms with E-state index in [0.717, 1.165) is 24.6 Å². The molecule has 0 aromatic carbocycles. The molecule has 1 N–H and O–H groups in total. The quantitative estimate of drug-likeness (QED) is 0.777. The van der Waals surface area contributed by atoms with Crippen LogP contribution in [0.1, 0.15) is 51.4 Å². The predicted octanol–water partition coefficient (Wildman–Crippen LogP) is 2.84. The van der Waals surface area contributed by atoms with Gasteiger partial charge in [0.2, 0.25) is 6.19 Å². The van der Waals surface area contributed by atoms with Gasteiger partial charge in [-0.2, -0.15) is 10.3 Å². The maximum atomic E-state index is 9.33. The molecular weight excluding hydrogens is 324 g/mol. The van der Waals surface area contributed by atoms with Gasteiger partial charge in [0.05, 0.1) is 12.0 Å². The highest BCUT2D eigenvalue weighted by atomic mass is 15.3. The summed E-state index contributed by atoms with van der Waals surface area (Å²) >= 11 is 0. The molecule has 4 rings (SSSR count). The number of fused-ring (bicyclic) bond motifs is 1. The third-order valence-corrected chi connectivity index (χ3v) is 5.90. The van der Waals surface area contributed by atoms with E-state index in [1.807, 2.05) is 6.08 Å². The third kappa shape index (κ3) is 3.59. The molecule has 3 atom stereocenters. The average molecular weight is 351 g/mol. The molecule has 0 bridgehead atoms. The lowest BCUT2D eigenvalue weighted by Gasteiger charge is -2.42. The molecule has 3 heterocycles. The van der Waals surface area contributed by atoms with Gasteiger partial charge in [0.1, 0.15) is 17.8 Å². The molecule has 0 aromatic heterocycles. The molecule has 6 heteroatoms. The molecule has 3 aliphatic heterocycles. The van der Waals surface area contributed by atoms with Gasteiger partial charge >= 0.3 is 0 Å². The highest BCUT2D eigenvalue weighted by Gasteiger charge is 2.40. The van der Waals surface area contributed by atoms with Gasteiger partial charge in [-0.05, 0) is 31.8 Å². The molecule has 137 valence electrons. The first-order valence-electron chi connectivity index (χ1n) is 9.98. The first-order chi connectivity index (χ1) is 12.9. The van der Waals surface area contributed by atoms with Crippen molar-refractivity contribution in [2.24, 2.45) is 20.9 Å². The molecule has 4 aliphatic rings. The van der Waals surface area contributed by atoms with Gasteiger partial charge in [-0.1, -0.05) is 38.2 Å². The van der Waals surface area contributed by atoms with Crippen molar-refractivity contribution in [1.29, 1.82) is 5.26 Å². The minimum absolute atomic E-state index is 0.0375. The zero-order valence-electron chi connectivity index (χ0n) is 15.2. The second-order valence-corrected chi connectivity index (χ2v) is 7.55. The smallest absolute Gasteiger partial charge is 0.207 e. The number of dihydropyridines is 1. The van der Waals surface area contributed by atoms with Crippen molar-refractivity contribution in [3.63, 3.8) is 0 Å². The standard InChI is InChI=1S/C20H27N6/c21-14-23-20-16(18-24-17-11-6-12-22-19(17)25-18)10-7-13-26(20)15-8-4-2-1-3-5-9-15/h6,10-12,15-18,24H,1-5,7-9,13H2. The van der Waals surface area contributed by atoms with Gasteiger partial charge < -0.3 is 4.90 Å². The maximum absolute atomic E-state index is 9.33. The van der Waals surface area contributed by atoms with Crippen LogP contribution in [0.4, 0.5) is 0 Å². The zero-order valence-corrected chi connectivity index (χ0v) is 15.2. The number of hydrogen-bond donors (Lipinski definition) is 1. The van der Waals surface area contributed by atoms with E-state index in [1.165, 1.54) is 44.9 Å². The lowest BCUT2D eigenvalue weighted by atomic mass is 9.89. The molecule has 0 spiro atoms. The number of nitriles is 1. The second kappa shape index (κ2) is 8.13. The molecule has 6 nitrogen and oxygen atoms in total. The van der Waals surface area contributed by atoms with Crippen LogP contribution in [0.2, 0.25) is 0 Å². The van der Waals surface area contributed by atoms with Crippen molar-refractivity contribution < 1.29 is 0 Å². The lowest BCUT2D eigenvalue weighted by molar-refractivity contribution is 0.229. The van der Waals surface area contributed by atoms with Crippen molar-refractivity contribution >= 4 is 17.9 Å². The van der Waals surface area contributed by atoms with E-state index >= 15 is 0 Å². The van der Waals surface area contributed by atoms with Crippen LogP contribution >= 0.6 is 0 Å². The molecule has 0 amide bonds. The van der Waals surface area contributed by atoms with E-state index in [-0.39, 0.29) is 18.1 Å². The highest BCUT2D eigenvalue weighted by Crippen LogP contribution is 2.31. The Morgan fingerprint density at radius 3 is 2.77 bits per heavy atom. The number of aliphatic imine (C=N–C) groups is 3. The molecule has 0 aromatic rings.